The van der Waals surface area contributed by atoms with Crippen LogP contribution in [0.2, 0.25) is 10.0 Å². The molecule has 0 radical (unpaired) electrons. The zero-order valence-electron chi connectivity index (χ0n) is 20.5. The highest BCUT2D eigenvalue weighted by Crippen LogP contribution is 2.38. The maximum Gasteiger partial charge on any atom is 0.266 e. The van der Waals surface area contributed by atoms with Gasteiger partial charge in [-0.15, -0.1) is 0 Å². The molecule has 0 bridgehead atoms. The van der Waals surface area contributed by atoms with E-state index in [-0.39, 0.29) is 18.3 Å². The van der Waals surface area contributed by atoms with E-state index in [0.717, 1.165) is 5.56 Å². The highest BCUT2D eigenvalue weighted by molar-refractivity contribution is 9.10. The van der Waals surface area contributed by atoms with Crippen LogP contribution in [0, 0.1) is 11.3 Å². The van der Waals surface area contributed by atoms with Gasteiger partial charge >= 0.3 is 0 Å². The molecule has 192 valence electrons. The van der Waals surface area contributed by atoms with Gasteiger partial charge in [-0.3, -0.25) is 4.79 Å². The number of anilines is 1. The Morgan fingerprint density at radius 1 is 1.11 bits per heavy atom. The van der Waals surface area contributed by atoms with Crippen molar-refractivity contribution >= 4 is 56.8 Å². The summed E-state index contributed by atoms with van der Waals surface area (Å²) in [5.74, 6) is 1.14. The molecule has 0 aliphatic heterocycles. The summed E-state index contributed by atoms with van der Waals surface area (Å²) in [6, 6.07) is 17.5. The van der Waals surface area contributed by atoms with Gasteiger partial charge < -0.3 is 19.5 Å². The smallest absolute Gasteiger partial charge is 0.266 e. The number of carbonyl (C=O) groups excluding carboxylic acids is 1. The Hall–Kier alpha value is -3.18. The van der Waals surface area contributed by atoms with Crippen LogP contribution >= 0.6 is 39.1 Å². The van der Waals surface area contributed by atoms with Crippen molar-refractivity contribution in [1.82, 2.24) is 0 Å². The number of rotatable bonds is 10. The molecule has 0 aliphatic rings. The predicted octanol–water partition coefficient (Wildman–Crippen LogP) is 8.07. The monoisotopic (exact) mass is 602 g/mol. The number of hydrogen-bond acceptors (Lipinski definition) is 5. The molecule has 3 rings (SSSR count). The van der Waals surface area contributed by atoms with Gasteiger partial charge in [0, 0.05) is 21.3 Å². The average molecular weight is 604 g/mol. The number of hydrogen-bond donors (Lipinski definition) is 1. The van der Waals surface area contributed by atoms with Crippen LogP contribution in [-0.2, 0) is 11.4 Å². The first kappa shape index (κ1) is 28.4. The fourth-order valence-corrected chi connectivity index (χ4v) is 4.25. The van der Waals surface area contributed by atoms with Crippen LogP contribution in [0.15, 0.2) is 64.6 Å². The summed E-state index contributed by atoms with van der Waals surface area (Å²) in [6.45, 7) is 6.41. The van der Waals surface area contributed by atoms with Crippen molar-refractivity contribution in [3.8, 4) is 23.3 Å². The molecule has 0 unspecified atom stereocenters. The molecule has 1 N–H and O–H groups in total. The second kappa shape index (κ2) is 13.4. The third kappa shape index (κ3) is 8.16. The number of amides is 1. The maximum absolute atomic E-state index is 12.8. The fraction of sp³-hybridized carbons (Fsp3) is 0.214. The van der Waals surface area contributed by atoms with Gasteiger partial charge in [0.05, 0.1) is 17.2 Å². The van der Waals surface area contributed by atoms with Crippen molar-refractivity contribution in [2.24, 2.45) is 0 Å². The number of nitriles is 1. The molecule has 0 aliphatic carbocycles. The highest BCUT2D eigenvalue weighted by Gasteiger charge is 2.15. The van der Waals surface area contributed by atoms with Crippen LogP contribution in [0.25, 0.3) is 6.08 Å². The van der Waals surface area contributed by atoms with E-state index in [9.17, 15) is 10.1 Å². The second-order valence-electron chi connectivity index (χ2n) is 8.10. The molecule has 0 atom stereocenters. The fourth-order valence-electron chi connectivity index (χ4n) is 3.23. The van der Waals surface area contributed by atoms with Gasteiger partial charge in [0.25, 0.3) is 5.91 Å². The molecule has 37 heavy (non-hydrogen) atoms. The summed E-state index contributed by atoms with van der Waals surface area (Å²) < 4.78 is 18.0. The normalized spacial score (nSPS) is 11.1. The third-order valence-corrected chi connectivity index (χ3v) is 6.06. The first-order valence-corrected chi connectivity index (χ1v) is 13.0. The summed E-state index contributed by atoms with van der Waals surface area (Å²) in [5.41, 5.74) is 1.86. The van der Waals surface area contributed by atoms with Gasteiger partial charge in [-0.05, 0) is 96.9 Å². The van der Waals surface area contributed by atoms with Gasteiger partial charge in [0.15, 0.2) is 11.5 Å². The number of nitrogens with one attached hydrogen (secondary N) is 1. The Bertz CT molecular complexity index is 1340. The highest BCUT2D eigenvalue weighted by atomic mass is 79.9. The molecule has 0 heterocycles. The SMILES string of the molecule is CCOc1cc(/C=C(\C#N)C(=O)Nc2ccc(OCc3ccc(Cl)cc3Cl)cc2)cc(Br)c1OC(C)C. The lowest BCUT2D eigenvalue weighted by atomic mass is 10.1. The molecule has 6 nitrogen and oxygen atoms in total. The van der Waals surface area contributed by atoms with E-state index >= 15 is 0 Å². The van der Waals surface area contributed by atoms with Crippen LogP contribution in [-0.4, -0.2) is 18.6 Å². The first-order chi connectivity index (χ1) is 17.7. The number of carbonyl (C=O) groups is 1. The number of nitrogens with zero attached hydrogens (tertiary/aromatic N) is 1. The van der Waals surface area contributed by atoms with Crippen LogP contribution in [0.4, 0.5) is 5.69 Å². The van der Waals surface area contributed by atoms with Crippen molar-refractivity contribution in [2.75, 3.05) is 11.9 Å². The molecule has 3 aromatic carbocycles. The number of ether oxygens (including phenoxy) is 3. The summed E-state index contributed by atoms with van der Waals surface area (Å²) in [7, 11) is 0. The van der Waals surface area contributed by atoms with E-state index < -0.39 is 5.91 Å². The summed E-state index contributed by atoms with van der Waals surface area (Å²) >= 11 is 15.6. The minimum absolute atomic E-state index is 0.0515. The molecule has 0 spiro atoms. The van der Waals surface area contributed by atoms with Crippen molar-refractivity contribution in [1.29, 1.82) is 5.26 Å². The molecule has 0 fully saturated rings. The number of halogens is 3. The predicted molar refractivity (Wildman–Crippen MR) is 151 cm³/mol. The van der Waals surface area contributed by atoms with E-state index in [0.29, 0.717) is 49.6 Å². The zero-order valence-corrected chi connectivity index (χ0v) is 23.6. The summed E-state index contributed by atoms with van der Waals surface area (Å²) in [4.78, 5) is 12.8. The van der Waals surface area contributed by atoms with E-state index in [4.69, 9.17) is 37.4 Å². The third-order valence-electron chi connectivity index (χ3n) is 4.88. The van der Waals surface area contributed by atoms with Crippen LogP contribution in [0.3, 0.4) is 0 Å². The molecule has 0 saturated carbocycles. The molecule has 9 heteroatoms. The molecular formula is C28H25BrCl2N2O4. The van der Waals surface area contributed by atoms with E-state index in [2.05, 4.69) is 21.2 Å². The van der Waals surface area contributed by atoms with Crippen molar-refractivity contribution < 1.29 is 19.0 Å². The van der Waals surface area contributed by atoms with Crippen molar-refractivity contribution in [2.45, 2.75) is 33.5 Å². The lowest BCUT2D eigenvalue weighted by molar-refractivity contribution is -0.112. The van der Waals surface area contributed by atoms with Crippen LogP contribution in [0.1, 0.15) is 31.9 Å². The van der Waals surface area contributed by atoms with E-state index in [1.807, 2.05) is 26.8 Å². The lowest BCUT2D eigenvalue weighted by Crippen LogP contribution is -2.13. The molecule has 0 saturated heterocycles. The lowest BCUT2D eigenvalue weighted by Gasteiger charge is -2.17. The van der Waals surface area contributed by atoms with Crippen LogP contribution in [0.5, 0.6) is 17.2 Å². The number of benzene rings is 3. The van der Waals surface area contributed by atoms with Gasteiger partial charge in [0.1, 0.15) is 24.0 Å². The second-order valence-corrected chi connectivity index (χ2v) is 9.80. The topological polar surface area (TPSA) is 80.6 Å². The van der Waals surface area contributed by atoms with Crippen molar-refractivity contribution in [3.63, 3.8) is 0 Å². The molecule has 3 aromatic rings. The molecule has 0 aromatic heterocycles. The van der Waals surface area contributed by atoms with E-state index in [1.54, 1.807) is 54.6 Å². The van der Waals surface area contributed by atoms with Gasteiger partial charge in [0.2, 0.25) is 0 Å². The minimum Gasteiger partial charge on any atom is -0.490 e. The quantitative estimate of drug-likeness (QED) is 0.187. The minimum atomic E-state index is -0.541. The Morgan fingerprint density at radius 2 is 1.84 bits per heavy atom. The molecular weight excluding hydrogens is 579 g/mol. The largest absolute Gasteiger partial charge is 0.490 e. The van der Waals surface area contributed by atoms with Gasteiger partial charge in [-0.1, -0.05) is 29.3 Å². The Labute approximate surface area is 234 Å². The first-order valence-electron chi connectivity index (χ1n) is 11.4. The Kier molecular flexibility index (Phi) is 10.3. The maximum atomic E-state index is 12.8. The Morgan fingerprint density at radius 3 is 2.46 bits per heavy atom. The summed E-state index contributed by atoms with van der Waals surface area (Å²) in [6.07, 6.45) is 1.44. The Balaban J connectivity index is 1.70. The summed E-state index contributed by atoms with van der Waals surface area (Å²) in [5, 5.41) is 13.4. The van der Waals surface area contributed by atoms with Crippen LogP contribution < -0.4 is 19.5 Å². The van der Waals surface area contributed by atoms with E-state index in [1.165, 1.54) is 6.08 Å². The van der Waals surface area contributed by atoms with Gasteiger partial charge in [-0.25, -0.2) is 0 Å². The molecule has 1 amide bonds. The zero-order chi connectivity index (χ0) is 26.9. The average Bonchev–Trinajstić information content (AvgIpc) is 2.85. The van der Waals surface area contributed by atoms with Crippen molar-refractivity contribution in [3.05, 3.63) is 85.8 Å². The standard InChI is InChI=1S/C28H25BrCl2N2O4/c1-4-35-26-13-18(12-24(29)27(26)37-17(2)3)11-20(15-32)28(34)33-22-7-9-23(10-8-22)36-16-19-5-6-21(30)14-25(19)31/h5-14,17H,4,16H2,1-3H3,(H,33,34)/b20-11+. The van der Waals surface area contributed by atoms with Gasteiger partial charge in [-0.2, -0.15) is 5.26 Å².